The van der Waals surface area contributed by atoms with Crippen LogP contribution in [-0.4, -0.2) is 35.3 Å². The number of benzene rings is 1. The van der Waals surface area contributed by atoms with E-state index < -0.39 is 0 Å². The Hall–Kier alpha value is -1.17. The fourth-order valence-corrected chi connectivity index (χ4v) is 4.87. The van der Waals surface area contributed by atoms with Crippen LogP contribution in [0.15, 0.2) is 40.2 Å². The van der Waals surface area contributed by atoms with E-state index >= 15 is 0 Å². The van der Waals surface area contributed by atoms with E-state index in [0.29, 0.717) is 5.91 Å². The number of likely N-dealkylation sites (tertiary alicyclic amines) is 1. The molecule has 2 aromatic rings. The molecular formula is C19H21BrN2OS. The molecule has 1 fully saturated rings. The Kier molecular flexibility index (Phi) is 4.74. The zero-order chi connectivity index (χ0) is 16.5. The highest BCUT2D eigenvalue weighted by molar-refractivity contribution is 9.10. The average Bonchev–Trinajstić information content (AvgIpc) is 3.24. The molecule has 0 spiro atoms. The molecule has 5 heteroatoms. The van der Waals surface area contributed by atoms with Crippen LogP contribution < -0.4 is 0 Å². The predicted molar refractivity (Wildman–Crippen MR) is 101 cm³/mol. The van der Waals surface area contributed by atoms with Crippen LogP contribution in [0.2, 0.25) is 0 Å². The molecule has 0 saturated carbocycles. The molecule has 2 aliphatic heterocycles. The monoisotopic (exact) mass is 404 g/mol. The molecular weight excluding hydrogens is 384 g/mol. The zero-order valence-electron chi connectivity index (χ0n) is 13.6. The fourth-order valence-electron chi connectivity index (χ4n) is 3.72. The van der Waals surface area contributed by atoms with E-state index in [1.54, 1.807) is 0 Å². The number of fused-ring (bicyclic) bond motifs is 1. The molecule has 1 saturated heterocycles. The Morgan fingerprint density at radius 1 is 1.21 bits per heavy atom. The molecule has 1 aromatic heterocycles. The second-order valence-electron chi connectivity index (χ2n) is 6.73. The first-order valence-corrected chi connectivity index (χ1v) is 10.2. The van der Waals surface area contributed by atoms with E-state index in [4.69, 9.17) is 0 Å². The summed E-state index contributed by atoms with van der Waals surface area (Å²) in [4.78, 5) is 18.8. The maximum atomic E-state index is 12.9. The van der Waals surface area contributed by atoms with Crippen molar-refractivity contribution in [2.75, 3.05) is 19.6 Å². The number of nitrogens with zero attached hydrogens (tertiary/aromatic N) is 2. The summed E-state index contributed by atoms with van der Waals surface area (Å²) < 4.78 is 1.11. The number of carbonyl (C=O) groups is 1. The van der Waals surface area contributed by atoms with Gasteiger partial charge in [-0.3, -0.25) is 9.69 Å². The van der Waals surface area contributed by atoms with Crippen molar-refractivity contribution in [2.24, 2.45) is 5.92 Å². The third kappa shape index (κ3) is 3.44. The minimum atomic E-state index is 0.167. The Balaban J connectivity index is 1.34. The summed E-state index contributed by atoms with van der Waals surface area (Å²) in [7, 11) is 0. The minimum absolute atomic E-state index is 0.167. The van der Waals surface area contributed by atoms with Crippen molar-refractivity contribution in [1.82, 2.24) is 9.80 Å². The summed E-state index contributed by atoms with van der Waals surface area (Å²) in [6, 6.07) is 10.7. The zero-order valence-corrected chi connectivity index (χ0v) is 16.0. The standard InChI is InChI=1S/C19H21BrN2OS/c20-17-3-1-14(2-4-17)11-21-8-5-16(12-21)19(23)22-9-6-18-15(13-22)7-10-24-18/h1-4,7,10,16H,5-6,8-9,11-13H2. The Morgan fingerprint density at radius 3 is 2.88 bits per heavy atom. The molecule has 3 nitrogen and oxygen atoms in total. The number of carbonyl (C=O) groups excluding carboxylic acids is 1. The smallest absolute Gasteiger partial charge is 0.227 e. The molecule has 2 aliphatic rings. The van der Waals surface area contributed by atoms with Gasteiger partial charge in [-0.2, -0.15) is 0 Å². The number of hydrogen-bond donors (Lipinski definition) is 0. The second-order valence-corrected chi connectivity index (χ2v) is 8.64. The third-order valence-electron chi connectivity index (χ3n) is 5.06. The SMILES string of the molecule is O=C(C1CCN(Cc2ccc(Br)cc2)C1)N1CCc2sccc2C1. The van der Waals surface area contributed by atoms with Crippen molar-refractivity contribution in [3.8, 4) is 0 Å². The van der Waals surface area contributed by atoms with Crippen molar-refractivity contribution in [1.29, 1.82) is 0 Å². The van der Waals surface area contributed by atoms with Crippen molar-refractivity contribution in [2.45, 2.75) is 25.9 Å². The van der Waals surface area contributed by atoms with Crippen LogP contribution in [0.4, 0.5) is 0 Å². The topological polar surface area (TPSA) is 23.6 Å². The molecule has 1 aromatic carbocycles. The molecule has 1 amide bonds. The lowest BCUT2D eigenvalue weighted by Crippen LogP contribution is -2.40. The number of thiophene rings is 1. The van der Waals surface area contributed by atoms with Gasteiger partial charge in [0.15, 0.2) is 0 Å². The highest BCUT2D eigenvalue weighted by Crippen LogP contribution is 2.27. The third-order valence-corrected chi connectivity index (χ3v) is 6.61. The first-order chi connectivity index (χ1) is 11.7. The van der Waals surface area contributed by atoms with Crippen LogP contribution in [0.5, 0.6) is 0 Å². The normalized spacial score (nSPS) is 21.0. The van der Waals surface area contributed by atoms with Gasteiger partial charge in [-0.1, -0.05) is 28.1 Å². The van der Waals surface area contributed by atoms with Crippen molar-refractivity contribution in [3.05, 3.63) is 56.2 Å². The highest BCUT2D eigenvalue weighted by atomic mass is 79.9. The van der Waals surface area contributed by atoms with Crippen LogP contribution in [-0.2, 0) is 24.3 Å². The van der Waals surface area contributed by atoms with Gasteiger partial charge in [0.05, 0.1) is 5.92 Å². The summed E-state index contributed by atoms with van der Waals surface area (Å²) >= 11 is 5.30. The minimum Gasteiger partial charge on any atom is -0.338 e. The molecule has 24 heavy (non-hydrogen) atoms. The van der Waals surface area contributed by atoms with Gasteiger partial charge in [0.1, 0.15) is 0 Å². The van der Waals surface area contributed by atoms with Gasteiger partial charge in [0.2, 0.25) is 5.91 Å². The van der Waals surface area contributed by atoms with Crippen LogP contribution in [0, 0.1) is 5.92 Å². The molecule has 0 N–H and O–H groups in total. The second kappa shape index (κ2) is 6.98. The quantitative estimate of drug-likeness (QED) is 0.773. The van der Waals surface area contributed by atoms with Crippen molar-refractivity contribution >= 4 is 33.2 Å². The van der Waals surface area contributed by atoms with E-state index in [9.17, 15) is 4.79 Å². The predicted octanol–water partition coefficient (Wildman–Crippen LogP) is 3.92. The lowest BCUT2D eigenvalue weighted by atomic mass is 10.0. The molecule has 0 aliphatic carbocycles. The molecule has 1 atom stereocenters. The van der Waals surface area contributed by atoms with Gasteiger partial charge >= 0.3 is 0 Å². The Bertz CT molecular complexity index is 727. The van der Waals surface area contributed by atoms with Gasteiger partial charge in [0.25, 0.3) is 0 Å². The van der Waals surface area contributed by atoms with Gasteiger partial charge in [0, 0.05) is 35.5 Å². The summed E-state index contributed by atoms with van der Waals surface area (Å²) in [6.07, 6.45) is 2.01. The molecule has 0 radical (unpaired) electrons. The summed E-state index contributed by atoms with van der Waals surface area (Å²) in [5.41, 5.74) is 2.66. The maximum Gasteiger partial charge on any atom is 0.227 e. The van der Waals surface area contributed by atoms with Gasteiger partial charge in [-0.25, -0.2) is 0 Å². The number of hydrogen-bond acceptors (Lipinski definition) is 3. The summed E-state index contributed by atoms with van der Waals surface area (Å²) in [6.45, 7) is 4.54. The Morgan fingerprint density at radius 2 is 2.04 bits per heavy atom. The van der Waals surface area contributed by atoms with Crippen molar-refractivity contribution in [3.63, 3.8) is 0 Å². The van der Waals surface area contributed by atoms with E-state index in [1.165, 1.54) is 16.0 Å². The van der Waals surface area contributed by atoms with E-state index in [-0.39, 0.29) is 5.92 Å². The molecule has 3 heterocycles. The molecule has 126 valence electrons. The van der Waals surface area contributed by atoms with E-state index in [2.05, 4.69) is 61.4 Å². The van der Waals surface area contributed by atoms with E-state index in [0.717, 1.165) is 50.0 Å². The van der Waals surface area contributed by atoms with Crippen LogP contribution in [0.1, 0.15) is 22.4 Å². The Labute approximate surface area is 155 Å². The van der Waals surface area contributed by atoms with Crippen molar-refractivity contribution < 1.29 is 4.79 Å². The highest BCUT2D eigenvalue weighted by Gasteiger charge is 2.32. The summed E-state index contributed by atoms with van der Waals surface area (Å²) in [5, 5.41) is 2.15. The number of amides is 1. The van der Waals surface area contributed by atoms with Gasteiger partial charge < -0.3 is 4.90 Å². The average molecular weight is 405 g/mol. The van der Waals surface area contributed by atoms with Crippen LogP contribution in [0.25, 0.3) is 0 Å². The molecule has 0 bridgehead atoms. The fraction of sp³-hybridized carbons (Fsp3) is 0.421. The molecule has 4 rings (SSSR count). The lowest BCUT2D eigenvalue weighted by molar-refractivity contribution is -0.136. The summed E-state index contributed by atoms with van der Waals surface area (Å²) in [5.74, 6) is 0.519. The first-order valence-electron chi connectivity index (χ1n) is 8.50. The number of rotatable bonds is 3. The van der Waals surface area contributed by atoms with Crippen LogP contribution in [0.3, 0.4) is 0 Å². The molecule has 1 unspecified atom stereocenters. The van der Waals surface area contributed by atoms with E-state index in [1.807, 2.05) is 11.3 Å². The van der Waals surface area contributed by atoms with Gasteiger partial charge in [-0.05, 0) is 54.1 Å². The van der Waals surface area contributed by atoms with Gasteiger partial charge in [-0.15, -0.1) is 11.3 Å². The first kappa shape index (κ1) is 16.3. The largest absolute Gasteiger partial charge is 0.338 e. The maximum absolute atomic E-state index is 12.9. The number of halogens is 1. The van der Waals surface area contributed by atoms with Crippen LogP contribution >= 0.6 is 27.3 Å². The lowest BCUT2D eigenvalue weighted by Gasteiger charge is -2.29.